The highest BCUT2D eigenvalue weighted by Crippen LogP contribution is 2.24. The summed E-state index contributed by atoms with van der Waals surface area (Å²) in [6, 6.07) is 9.69. The molecule has 0 bridgehead atoms. The summed E-state index contributed by atoms with van der Waals surface area (Å²) in [6.07, 6.45) is 0. The number of rotatable bonds is 3. The van der Waals surface area contributed by atoms with Crippen molar-refractivity contribution in [3.05, 3.63) is 35.5 Å². The van der Waals surface area contributed by atoms with Crippen LogP contribution in [0.3, 0.4) is 0 Å². The van der Waals surface area contributed by atoms with E-state index in [9.17, 15) is 0 Å². The van der Waals surface area contributed by atoms with E-state index < -0.39 is 0 Å². The molecule has 0 saturated heterocycles. The summed E-state index contributed by atoms with van der Waals surface area (Å²) in [6.45, 7) is 1.94. The number of benzene rings is 1. The van der Waals surface area contributed by atoms with Gasteiger partial charge in [0, 0.05) is 11.4 Å². The lowest BCUT2D eigenvalue weighted by molar-refractivity contribution is 0.281. The second-order valence-corrected chi connectivity index (χ2v) is 4.11. The van der Waals surface area contributed by atoms with Gasteiger partial charge in [0.1, 0.15) is 11.0 Å². The molecule has 2 N–H and O–H groups in total. The average Bonchev–Trinajstić information content (AvgIpc) is 2.29. The minimum atomic E-state index is -0.0373. The zero-order valence-electron chi connectivity index (χ0n) is 8.94. The van der Waals surface area contributed by atoms with Crippen molar-refractivity contribution < 1.29 is 5.11 Å². The van der Waals surface area contributed by atoms with Crippen molar-refractivity contribution in [3.8, 4) is 0 Å². The minimum Gasteiger partial charge on any atom is -0.394 e. The molecule has 1 aromatic heterocycles. The largest absolute Gasteiger partial charge is 0.394 e. The van der Waals surface area contributed by atoms with Crippen LogP contribution in [0, 0.1) is 0 Å². The Morgan fingerprint density at radius 3 is 2.94 bits per heavy atom. The Hall–Kier alpha value is -1.32. The van der Waals surface area contributed by atoms with E-state index in [2.05, 4.69) is 10.3 Å². The first kappa shape index (κ1) is 11.2. The molecule has 0 aliphatic carbocycles. The lowest BCUT2D eigenvalue weighted by Gasteiger charge is -2.12. The number of aliphatic hydroxyl groups is 1. The monoisotopic (exact) mass is 236 g/mol. The molecular formula is C12H13ClN2O. The van der Waals surface area contributed by atoms with Crippen LogP contribution in [0.2, 0.25) is 5.15 Å². The molecular weight excluding hydrogens is 224 g/mol. The van der Waals surface area contributed by atoms with Crippen molar-refractivity contribution in [3.63, 3.8) is 0 Å². The number of aliphatic hydroxyl groups excluding tert-OH is 1. The van der Waals surface area contributed by atoms with Crippen LogP contribution < -0.4 is 5.32 Å². The topological polar surface area (TPSA) is 45.1 Å². The van der Waals surface area contributed by atoms with Gasteiger partial charge in [-0.1, -0.05) is 35.9 Å². The fourth-order valence-corrected chi connectivity index (χ4v) is 1.79. The standard InChI is InChI=1S/C12H13ClN2O/c1-8(7-16)14-11-6-9-4-2-3-5-10(9)12(13)15-11/h2-6,8,16H,7H2,1H3,(H,14,15). The SMILES string of the molecule is CC(CO)Nc1cc2ccccc2c(Cl)n1. The summed E-state index contributed by atoms with van der Waals surface area (Å²) in [7, 11) is 0. The predicted octanol–water partition coefficient (Wildman–Crippen LogP) is 2.68. The molecule has 0 saturated carbocycles. The molecule has 0 spiro atoms. The first-order valence-electron chi connectivity index (χ1n) is 5.13. The smallest absolute Gasteiger partial charge is 0.139 e. The predicted molar refractivity (Wildman–Crippen MR) is 66.9 cm³/mol. The lowest BCUT2D eigenvalue weighted by atomic mass is 10.2. The molecule has 1 aromatic carbocycles. The highest BCUT2D eigenvalue weighted by atomic mass is 35.5. The van der Waals surface area contributed by atoms with E-state index in [1.165, 1.54) is 0 Å². The van der Waals surface area contributed by atoms with Gasteiger partial charge in [0.15, 0.2) is 0 Å². The van der Waals surface area contributed by atoms with Crippen molar-refractivity contribution in [2.45, 2.75) is 13.0 Å². The van der Waals surface area contributed by atoms with Crippen molar-refractivity contribution >= 4 is 28.2 Å². The van der Waals surface area contributed by atoms with E-state index in [4.69, 9.17) is 16.7 Å². The van der Waals surface area contributed by atoms with Gasteiger partial charge in [-0.15, -0.1) is 0 Å². The number of pyridine rings is 1. The number of fused-ring (bicyclic) bond motifs is 1. The summed E-state index contributed by atoms with van der Waals surface area (Å²) < 4.78 is 0. The van der Waals surface area contributed by atoms with Gasteiger partial charge >= 0.3 is 0 Å². The zero-order chi connectivity index (χ0) is 11.5. The Bertz CT molecular complexity index is 501. The average molecular weight is 237 g/mol. The third kappa shape index (κ3) is 2.26. The number of hydrogen-bond donors (Lipinski definition) is 2. The van der Waals surface area contributed by atoms with E-state index in [1.54, 1.807) is 0 Å². The number of anilines is 1. The molecule has 1 heterocycles. The third-order valence-corrected chi connectivity index (χ3v) is 2.65. The maximum atomic E-state index is 8.96. The van der Waals surface area contributed by atoms with Crippen molar-refractivity contribution in [2.75, 3.05) is 11.9 Å². The summed E-state index contributed by atoms with van der Waals surface area (Å²) in [5.74, 6) is 0.685. The van der Waals surface area contributed by atoms with Crippen molar-refractivity contribution in [2.24, 2.45) is 0 Å². The van der Waals surface area contributed by atoms with Crippen LogP contribution in [0.4, 0.5) is 5.82 Å². The molecule has 16 heavy (non-hydrogen) atoms. The van der Waals surface area contributed by atoms with E-state index in [0.717, 1.165) is 10.8 Å². The number of nitrogens with one attached hydrogen (secondary N) is 1. The number of hydrogen-bond acceptors (Lipinski definition) is 3. The van der Waals surface area contributed by atoms with Crippen LogP contribution in [0.1, 0.15) is 6.92 Å². The molecule has 84 valence electrons. The molecule has 0 radical (unpaired) electrons. The van der Waals surface area contributed by atoms with Gasteiger partial charge in [-0.05, 0) is 18.4 Å². The summed E-state index contributed by atoms with van der Waals surface area (Å²) >= 11 is 6.08. The second kappa shape index (κ2) is 4.68. The highest BCUT2D eigenvalue weighted by molar-refractivity contribution is 6.34. The fourth-order valence-electron chi connectivity index (χ4n) is 1.53. The number of aromatic nitrogens is 1. The molecule has 0 aliphatic rings. The molecule has 1 atom stereocenters. The van der Waals surface area contributed by atoms with Crippen LogP contribution in [-0.4, -0.2) is 22.7 Å². The van der Waals surface area contributed by atoms with Gasteiger partial charge in [-0.3, -0.25) is 0 Å². The summed E-state index contributed by atoms with van der Waals surface area (Å²) in [4.78, 5) is 4.23. The molecule has 1 unspecified atom stereocenters. The molecule has 2 rings (SSSR count). The Labute approximate surface area is 99.1 Å². The van der Waals surface area contributed by atoms with Crippen LogP contribution in [-0.2, 0) is 0 Å². The maximum absolute atomic E-state index is 8.96. The maximum Gasteiger partial charge on any atom is 0.139 e. The van der Waals surface area contributed by atoms with Gasteiger partial charge in [0.2, 0.25) is 0 Å². The fraction of sp³-hybridized carbons (Fsp3) is 0.250. The van der Waals surface area contributed by atoms with E-state index >= 15 is 0 Å². The Balaban J connectivity index is 2.41. The van der Waals surface area contributed by atoms with E-state index in [-0.39, 0.29) is 12.6 Å². The normalized spacial score (nSPS) is 12.7. The van der Waals surface area contributed by atoms with Gasteiger partial charge < -0.3 is 10.4 Å². The van der Waals surface area contributed by atoms with Crippen LogP contribution >= 0.6 is 11.6 Å². The molecule has 3 nitrogen and oxygen atoms in total. The molecule has 4 heteroatoms. The Morgan fingerprint density at radius 2 is 2.19 bits per heavy atom. The number of halogens is 1. The van der Waals surface area contributed by atoms with Gasteiger partial charge in [-0.25, -0.2) is 4.98 Å². The van der Waals surface area contributed by atoms with Gasteiger partial charge in [0.25, 0.3) is 0 Å². The third-order valence-electron chi connectivity index (χ3n) is 2.36. The summed E-state index contributed by atoms with van der Waals surface area (Å²) in [5, 5.41) is 14.5. The summed E-state index contributed by atoms with van der Waals surface area (Å²) in [5.41, 5.74) is 0. The van der Waals surface area contributed by atoms with Crippen LogP contribution in [0.15, 0.2) is 30.3 Å². The first-order valence-corrected chi connectivity index (χ1v) is 5.51. The van der Waals surface area contributed by atoms with Crippen LogP contribution in [0.5, 0.6) is 0 Å². The first-order chi connectivity index (χ1) is 7.70. The molecule has 0 aliphatic heterocycles. The quantitative estimate of drug-likeness (QED) is 0.806. The minimum absolute atomic E-state index is 0.0373. The molecule has 0 fully saturated rings. The van der Waals surface area contributed by atoms with Crippen LogP contribution in [0.25, 0.3) is 10.8 Å². The zero-order valence-corrected chi connectivity index (χ0v) is 9.70. The number of nitrogens with zero attached hydrogens (tertiary/aromatic N) is 1. The molecule has 2 aromatic rings. The second-order valence-electron chi connectivity index (χ2n) is 3.75. The Morgan fingerprint density at radius 1 is 1.44 bits per heavy atom. The van der Waals surface area contributed by atoms with Gasteiger partial charge in [-0.2, -0.15) is 0 Å². The Kier molecular flexibility index (Phi) is 3.27. The van der Waals surface area contributed by atoms with Crippen molar-refractivity contribution in [1.29, 1.82) is 0 Å². The lowest BCUT2D eigenvalue weighted by Crippen LogP contribution is -2.19. The van der Waals surface area contributed by atoms with E-state index in [0.29, 0.717) is 11.0 Å². The van der Waals surface area contributed by atoms with Crippen molar-refractivity contribution in [1.82, 2.24) is 4.98 Å². The highest BCUT2D eigenvalue weighted by Gasteiger charge is 2.05. The van der Waals surface area contributed by atoms with Gasteiger partial charge in [0.05, 0.1) is 6.61 Å². The molecule has 0 amide bonds. The van der Waals surface area contributed by atoms with E-state index in [1.807, 2.05) is 37.3 Å².